The van der Waals surface area contributed by atoms with E-state index in [0.717, 1.165) is 0 Å². The Labute approximate surface area is 346 Å². The molecular formula is C54H55SiZr. The third-order valence-corrected chi connectivity index (χ3v) is 25.2. The van der Waals surface area contributed by atoms with Crippen LogP contribution in [0.3, 0.4) is 0 Å². The zero-order chi connectivity index (χ0) is 39.3. The summed E-state index contributed by atoms with van der Waals surface area (Å²) in [6.07, 6.45) is 5.35. The van der Waals surface area contributed by atoms with E-state index in [9.17, 15) is 0 Å². The van der Waals surface area contributed by atoms with Crippen molar-refractivity contribution in [3.63, 3.8) is 0 Å². The van der Waals surface area contributed by atoms with Gasteiger partial charge in [0.25, 0.3) is 0 Å². The molecule has 0 aromatic heterocycles. The summed E-state index contributed by atoms with van der Waals surface area (Å²) in [5, 5.41) is 3.35. The second-order valence-corrected chi connectivity index (χ2v) is 27.0. The molecule has 9 rings (SSSR count). The van der Waals surface area contributed by atoms with Gasteiger partial charge in [-0.25, -0.2) is 0 Å². The number of allylic oxidation sites excluding steroid dienone is 2. The van der Waals surface area contributed by atoms with Crippen LogP contribution in [0.5, 0.6) is 0 Å². The second-order valence-electron chi connectivity index (χ2n) is 18.8. The van der Waals surface area contributed by atoms with Gasteiger partial charge in [-0.3, -0.25) is 0 Å². The Bertz CT molecular complexity index is 2500. The first-order valence-electron chi connectivity index (χ1n) is 20.6. The molecule has 1 aliphatic heterocycles. The van der Waals surface area contributed by atoms with Crippen LogP contribution in [0.1, 0.15) is 93.3 Å². The first-order valence-corrected chi connectivity index (χ1v) is 26.1. The first kappa shape index (κ1) is 37.5. The SMILES string of the molecule is Cc1cccc(-c2cccc3c2C=C(C(C)(C)C)[CH]3[Zr]([c]2cccc3c2[SiH2]c2ccccc2-3)[CH]2C(C(C)(C)C)=Cc3c(-c4cccc(C)c4C)cccc32)c1C. The average molecular weight is 823 g/mol. The van der Waals surface area contributed by atoms with Crippen LogP contribution in [0, 0.1) is 38.5 Å². The predicted molar refractivity (Wildman–Crippen MR) is 242 cm³/mol. The van der Waals surface area contributed by atoms with Crippen LogP contribution in [-0.4, -0.2) is 9.52 Å². The predicted octanol–water partition coefficient (Wildman–Crippen LogP) is 12.0. The van der Waals surface area contributed by atoms with Gasteiger partial charge in [0.2, 0.25) is 0 Å². The van der Waals surface area contributed by atoms with E-state index in [0.29, 0.717) is 7.25 Å². The molecule has 0 bridgehead atoms. The third-order valence-electron chi connectivity index (χ3n) is 13.4. The standard InChI is InChI=1S/2C21H23.C12H9Si.Zr/c2*1-14-8-6-10-18(15(14)2)19-11-7-9-16-12-17(13-20(16)19)21(3,4)5;1-3-7-11-9(5-1)10-6-2-4-8-12(10)13-11;/h2*6-13H,1-5H3;1-7H,13H2;. The van der Waals surface area contributed by atoms with E-state index in [1.807, 2.05) is 0 Å². The van der Waals surface area contributed by atoms with Crippen LogP contribution in [0.2, 0.25) is 0 Å². The average Bonchev–Trinajstić information content (AvgIpc) is 3.87. The summed E-state index contributed by atoms with van der Waals surface area (Å²) in [7, 11) is -0.648. The Morgan fingerprint density at radius 2 is 0.875 bits per heavy atom. The number of hydrogen-bond acceptors (Lipinski definition) is 0. The van der Waals surface area contributed by atoms with Gasteiger partial charge in [0, 0.05) is 0 Å². The fourth-order valence-electron chi connectivity index (χ4n) is 10.2. The van der Waals surface area contributed by atoms with E-state index in [1.54, 1.807) is 35.9 Å². The monoisotopic (exact) mass is 821 g/mol. The van der Waals surface area contributed by atoms with Gasteiger partial charge >= 0.3 is 349 Å². The molecule has 2 unspecified atom stereocenters. The van der Waals surface area contributed by atoms with Gasteiger partial charge < -0.3 is 0 Å². The minimum absolute atomic E-state index is 0.0142. The molecule has 0 saturated heterocycles. The molecule has 279 valence electrons. The van der Waals surface area contributed by atoms with Crippen LogP contribution in [0.25, 0.3) is 45.5 Å². The van der Waals surface area contributed by atoms with Gasteiger partial charge in [0.05, 0.1) is 0 Å². The quantitative estimate of drug-likeness (QED) is 0.152. The molecule has 0 amide bonds. The van der Waals surface area contributed by atoms with E-state index < -0.39 is 31.3 Å². The molecule has 6 aromatic carbocycles. The maximum absolute atomic E-state index is 2.98. The number of benzene rings is 6. The van der Waals surface area contributed by atoms with Crippen molar-refractivity contribution >= 4 is 35.3 Å². The Balaban J connectivity index is 1.35. The van der Waals surface area contributed by atoms with Crippen molar-refractivity contribution in [3.05, 3.63) is 171 Å². The second kappa shape index (κ2) is 13.8. The molecule has 0 N–H and O–H groups in total. The van der Waals surface area contributed by atoms with E-state index in [-0.39, 0.29) is 10.8 Å². The van der Waals surface area contributed by atoms with E-state index >= 15 is 0 Å². The molecule has 0 fully saturated rings. The molecular weight excluding hydrogens is 768 g/mol. The number of rotatable bonds is 5. The number of fused-ring (bicyclic) bond motifs is 5. The van der Waals surface area contributed by atoms with Gasteiger partial charge in [-0.15, -0.1) is 0 Å². The van der Waals surface area contributed by atoms with Crippen molar-refractivity contribution in [1.29, 1.82) is 0 Å². The van der Waals surface area contributed by atoms with E-state index in [4.69, 9.17) is 0 Å². The van der Waals surface area contributed by atoms with Gasteiger partial charge in [-0.2, -0.15) is 0 Å². The summed E-state index contributed by atoms with van der Waals surface area (Å²) in [6, 6.07) is 45.2. The topological polar surface area (TPSA) is 0 Å². The van der Waals surface area contributed by atoms with Crippen molar-refractivity contribution < 1.29 is 21.8 Å². The number of hydrogen-bond donors (Lipinski definition) is 0. The van der Waals surface area contributed by atoms with Gasteiger partial charge in [0.1, 0.15) is 0 Å². The fourth-order valence-corrected chi connectivity index (χ4v) is 25.4. The van der Waals surface area contributed by atoms with Crippen LogP contribution >= 0.6 is 0 Å². The molecule has 2 atom stereocenters. The Kier molecular flexibility index (Phi) is 9.22. The van der Waals surface area contributed by atoms with Crippen LogP contribution in [0.15, 0.2) is 126 Å². The molecule has 0 nitrogen and oxygen atoms in total. The molecule has 1 heterocycles. The summed E-state index contributed by atoms with van der Waals surface area (Å²) in [4.78, 5) is 0. The van der Waals surface area contributed by atoms with Crippen LogP contribution < -0.4 is 13.6 Å². The van der Waals surface area contributed by atoms with Crippen molar-refractivity contribution in [2.45, 2.75) is 76.5 Å². The molecule has 2 heteroatoms. The normalized spacial score (nSPS) is 17.3. The Morgan fingerprint density at radius 3 is 1.39 bits per heavy atom. The van der Waals surface area contributed by atoms with Gasteiger partial charge in [-0.05, 0) is 0 Å². The molecule has 0 radical (unpaired) electrons. The minimum atomic E-state index is -2.98. The fraction of sp³-hybridized carbons (Fsp3) is 0.259. The maximum atomic E-state index is 2.68. The van der Waals surface area contributed by atoms with Gasteiger partial charge in [-0.1, -0.05) is 0 Å². The van der Waals surface area contributed by atoms with Crippen molar-refractivity contribution in [3.8, 4) is 33.4 Å². The summed E-state index contributed by atoms with van der Waals surface area (Å²) >= 11 is -2.98. The van der Waals surface area contributed by atoms with E-state index in [1.165, 1.54) is 66.8 Å². The van der Waals surface area contributed by atoms with Crippen LogP contribution in [0.4, 0.5) is 0 Å². The Morgan fingerprint density at radius 1 is 0.446 bits per heavy atom. The molecule has 56 heavy (non-hydrogen) atoms. The summed E-state index contributed by atoms with van der Waals surface area (Å²) < 4.78 is 2.59. The summed E-state index contributed by atoms with van der Waals surface area (Å²) in [5.74, 6) is 0. The zero-order valence-corrected chi connectivity index (χ0v) is 38.9. The summed E-state index contributed by atoms with van der Waals surface area (Å²) in [6.45, 7) is 24.0. The first-order chi connectivity index (χ1) is 26.7. The molecule has 0 spiro atoms. The van der Waals surface area contributed by atoms with Gasteiger partial charge in [0.15, 0.2) is 0 Å². The third kappa shape index (κ3) is 6.01. The number of aryl methyl sites for hydroxylation is 2. The van der Waals surface area contributed by atoms with E-state index in [2.05, 4.69) is 197 Å². The van der Waals surface area contributed by atoms with Crippen molar-refractivity contribution in [1.82, 2.24) is 0 Å². The summed E-state index contributed by atoms with van der Waals surface area (Å²) in [5.41, 5.74) is 23.4. The molecule has 6 aromatic rings. The molecule has 3 aliphatic rings. The zero-order valence-electron chi connectivity index (χ0n) is 35.0. The molecule has 2 aliphatic carbocycles. The molecule has 0 saturated carbocycles. The van der Waals surface area contributed by atoms with Crippen molar-refractivity contribution in [2.24, 2.45) is 10.8 Å². The Hall–Kier alpha value is -4.10. The van der Waals surface area contributed by atoms with Crippen molar-refractivity contribution in [2.75, 3.05) is 0 Å². The van der Waals surface area contributed by atoms with Crippen LogP contribution in [-0.2, 0) is 21.8 Å².